The Balaban J connectivity index is 2.52. The van der Waals surface area contributed by atoms with Crippen molar-refractivity contribution >= 4 is 0 Å². The number of aliphatic hydroxyl groups excluding tert-OH is 1. The summed E-state index contributed by atoms with van der Waals surface area (Å²) in [7, 11) is 0. The summed E-state index contributed by atoms with van der Waals surface area (Å²) in [5.41, 5.74) is 0.870. The van der Waals surface area contributed by atoms with E-state index in [1.807, 2.05) is 12.2 Å². The Labute approximate surface area is 79.2 Å². The van der Waals surface area contributed by atoms with E-state index in [4.69, 9.17) is 5.26 Å². The van der Waals surface area contributed by atoms with Gasteiger partial charge in [0, 0.05) is 12.0 Å². The molecule has 70 valence electrons. The average Bonchev–Trinajstić information content (AvgIpc) is 2.15. The second-order valence-electron chi connectivity index (χ2n) is 3.32. The van der Waals surface area contributed by atoms with Crippen LogP contribution in [0.3, 0.4) is 0 Å². The van der Waals surface area contributed by atoms with E-state index in [0.29, 0.717) is 12.2 Å². The predicted octanol–water partition coefficient (Wildman–Crippen LogP) is 3.23. The van der Waals surface area contributed by atoms with Gasteiger partial charge in [-0.25, -0.2) is 0 Å². The molecule has 0 heterocycles. The van der Waals surface area contributed by atoms with Gasteiger partial charge in [0.25, 0.3) is 0 Å². The molecule has 0 bridgehead atoms. The molecule has 0 radical (unpaired) electrons. The molecule has 0 saturated carbocycles. The van der Waals surface area contributed by atoms with Gasteiger partial charge in [-0.05, 0) is 38.2 Å². The minimum Gasteiger partial charge on any atom is -0.513 e. The third kappa shape index (κ3) is 3.80. The zero-order valence-corrected chi connectivity index (χ0v) is 7.79. The van der Waals surface area contributed by atoms with Crippen LogP contribution >= 0.6 is 0 Å². The third-order valence-corrected chi connectivity index (χ3v) is 2.20. The second kappa shape index (κ2) is 5.42. The molecule has 0 aromatic rings. The Morgan fingerprint density at radius 1 is 1.15 bits per heavy atom. The first-order chi connectivity index (χ1) is 6.33. The van der Waals surface area contributed by atoms with Crippen LogP contribution in [0.15, 0.2) is 23.5 Å². The topological polar surface area (TPSA) is 44.0 Å². The van der Waals surface area contributed by atoms with Crippen LogP contribution in [0.2, 0.25) is 0 Å². The van der Waals surface area contributed by atoms with Gasteiger partial charge in [0.2, 0.25) is 0 Å². The van der Waals surface area contributed by atoms with E-state index in [-0.39, 0.29) is 0 Å². The van der Waals surface area contributed by atoms with Gasteiger partial charge in [-0.1, -0.05) is 6.08 Å². The lowest BCUT2D eigenvalue weighted by Crippen LogP contribution is -1.88. The summed E-state index contributed by atoms with van der Waals surface area (Å²) in [5.74, 6) is 0.485. The molecular formula is C11H15NO. The van der Waals surface area contributed by atoms with Gasteiger partial charge in [0.15, 0.2) is 0 Å². The monoisotopic (exact) mass is 177 g/mol. The predicted molar refractivity (Wildman–Crippen MR) is 52.1 cm³/mol. The summed E-state index contributed by atoms with van der Waals surface area (Å²) in [6, 6.07) is 2.19. The molecule has 2 nitrogen and oxygen atoms in total. The quantitative estimate of drug-likeness (QED) is 0.617. The molecule has 1 aliphatic rings. The minimum absolute atomic E-state index is 0.485. The number of nitriles is 1. The molecule has 1 N–H and O–H groups in total. The van der Waals surface area contributed by atoms with Crippen LogP contribution in [0, 0.1) is 11.3 Å². The van der Waals surface area contributed by atoms with Crippen molar-refractivity contribution in [2.45, 2.75) is 38.5 Å². The fourth-order valence-corrected chi connectivity index (χ4v) is 1.43. The van der Waals surface area contributed by atoms with E-state index < -0.39 is 0 Å². The van der Waals surface area contributed by atoms with Gasteiger partial charge in [0.05, 0.1) is 11.8 Å². The molecule has 2 heteroatoms. The summed E-state index contributed by atoms with van der Waals surface area (Å²) in [6.45, 7) is 0. The van der Waals surface area contributed by atoms with Crippen LogP contribution in [0.5, 0.6) is 0 Å². The van der Waals surface area contributed by atoms with E-state index in [1.165, 1.54) is 0 Å². The smallest absolute Gasteiger partial charge is 0.0943 e. The van der Waals surface area contributed by atoms with E-state index in [0.717, 1.165) is 37.7 Å². The van der Waals surface area contributed by atoms with Crippen LogP contribution in [0.1, 0.15) is 38.5 Å². The van der Waals surface area contributed by atoms with Crippen LogP contribution in [0.25, 0.3) is 0 Å². The SMILES string of the molecule is N#C/C1=C/CCC/C=C(/O)CCC1. The molecule has 0 aromatic heterocycles. The van der Waals surface area contributed by atoms with E-state index in [2.05, 4.69) is 6.07 Å². The number of rotatable bonds is 0. The molecule has 1 aliphatic carbocycles. The van der Waals surface area contributed by atoms with Crippen molar-refractivity contribution in [2.75, 3.05) is 0 Å². The first kappa shape index (κ1) is 9.85. The van der Waals surface area contributed by atoms with Gasteiger partial charge >= 0.3 is 0 Å². The van der Waals surface area contributed by atoms with Crippen molar-refractivity contribution in [3.05, 3.63) is 23.5 Å². The lowest BCUT2D eigenvalue weighted by molar-refractivity contribution is 0.380. The molecule has 0 spiro atoms. The molecule has 1 rings (SSSR count). The van der Waals surface area contributed by atoms with Gasteiger partial charge in [-0.2, -0.15) is 5.26 Å². The fraction of sp³-hybridized carbons (Fsp3) is 0.545. The molecule has 0 aliphatic heterocycles. The highest BCUT2D eigenvalue weighted by Gasteiger charge is 2.00. The van der Waals surface area contributed by atoms with Crippen LogP contribution in [-0.4, -0.2) is 5.11 Å². The first-order valence-corrected chi connectivity index (χ1v) is 4.80. The van der Waals surface area contributed by atoms with E-state index in [9.17, 15) is 5.11 Å². The maximum atomic E-state index is 9.35. The maximum Gasteiger partial charge on any atom is 0.0943 e. The minimum atomic E-state index is 0.485. The highest BCUT2D eigenvalue weighted by molar-refractivity contribution is 5.20. The Morgan fingerprint density at radius 2 is 1.92 bits per heavy atom. The van der Waals surface area contributed by atoms with Crippen molar-refractivity contribution in [3.63, 3.8) is 0 Å². The summed E-state index contributed by atoms with van der Waals surface area (Å²) >= 11 is 0. The molecule has 0 fully saturated rings. The number of nitrogens with zero attached hydrogens (tertiary/aromatic N) is 1. The molecule has 13 heavy (non-hydrogen) atoms. The molecule has 0 atom stereocenters. The normalized spacial score (nSPS) is 27.6. The van der Waals surface area contributed by atoms with Gasteiger partial charge < -0.3 is 5.11 Å². The van der Waals surface area contributed by atoms with Crippen LogP contribution in [0.4, 0.5) is 0 Å². The van der Waals surface area contributed by atoms with Crippen molar-refractivity contribution in [1.29, 1.82) is 5.26 Å². The van der Waals surface area contributed by atoms with Crippen LogP contribution < -0.4 is 0 Å². The lowest BCUT2D eigenvalue weighted by Gasteiger charge is -2.03. The Bertz CT molecular complexity index is 258. The molecule has 0 unspecified atom stereocenters. The third-order valence-electron chi connectivity index (χ3n) is 2.20. The number of hydrogen-bond donors (Lipinski definition) is 1. The van der Waals surface area contributed by atoms with Crippen molar-refractivity contribution in [3.8, 4) is 6.07 Å². The Kier molecular flexibility index (Phi) is 4.11. The number of aliphatic hydroxyl groups is 1. The summed E-state index contributed by atoms with van der Waals surface area (Å²) in [6.07, 6.45) is 9.19. The highest BCUT2D eigenvalue weighted by atomic mass is 16.3. The van der Waals surface area contributed by atoms with E-state index >= 15 is 0 Å². The molecule has 0 aromatic carbocycles. The molecular weight excluding hydrogens is 162 g/mol. The molecule has 0 amide bonds. The standard InChI is InChI=1S/C11H15NO/c12-9-10-5-2-1-3-7-11(13)8-4-6-10/h5,7,13H,1-4,6,8H2/b10-5+,11-7+. The molecule has 0 saturated heterocycles. The zero-order valence-electron chi connectivity index (χ0n) is 7.79. The van der Waals surface area contributed by atoms with Crippen LogP contribution in [-0.2, 0) is 0 Å². The van der Waals surface area contributed by atoms with Gasteiger partial charge in [0.1, 0.15) is 0 Å². The Morgan fingerprint density at radius 3 is 2.69 bits per heavy atom. The summed E-state index contributed by atoms with van der Waals surface area (Å²) in [4.78, 5) is 0. The zero-order chi connectivity index (χ0) is 9.52. The van der Waals surface area contributed by atoms with Crippen molar-refractivity contribution < 1.29 is 5.11 Å². The number of allylic oxidation sites excluding steroid dienone is 4. The van der Waals surface area contributed by atoms with Gasteiger partial charge in [-0.3, -0.25) is 0 Å². The summed E-state index contributed by atoms with van der Waals surface area (Å²) in [5, 5.41) is 18.1. The van der Waals surface area contributed by atoms with Crippen molar-refractivity contribution in [1.82, 2.24) is 0 Å². The number of hydrogen-bond acceptors (Lipinski definition) is 2. The first-order valence-electron chi connectivity index (χ1n) is 4.80. The largest absolute Gasteiger partial charge is 0.513 e. The van der Waals surface area contributed by atoms with Gasteiger partial charge in [-0.15, -0.1) is 0 Å². The summed E-state index contributed by atoms with van der Waals surface area (Å²) < 4.78 is 0. The fourth-order valence-electron chi connectivity index (χ4n) is 1.43. The highest BCUT2D eigenvalue weighted by Crippen LogP contribution is 2.15. The lowest BCUT2D eigenvalue weighted by atomic mass is 10.0. The maximum absolute atomic E-state index is 9.35. The Hall–Kier alpha value is -1.23. The van der Waals surface area contributed by atoms with Crippen molar-refractivity contribution in [2.24, 2.45) is 0 Å². The average molecular weight is 177 g/mol. The van der Waals surface area contributed by atoms with E-state index in [1.54, 1.807) is 0 Å². The second-order valence-corrected chi connectivity index (χ2v) is 3.32.